The van der Waals surface area contributed by atoms with Crippen LogP contribution in [0.25, 0.3) is 0 Å². The van der Waals surface area contributed by atoms with Crippen LogP contribution >= 0.6 is 0 Å². The summed E-state index contributed by atoms with van der Waals surface area (Å²) >= 11 is 0. The number of benzene rings is 3. The Bertz CT molecular complexity index is 1260. The third-order valence-corrected chi connectivity index (χ3v) is 5.03. The number of carbonyl (C=O) groups is 3. The van der Waals surface area contributed by atoms with Gasteiger partial charge in [0.05, 0.1) is 18.7 Å². The lowest BCUT2D eigenvalue weighted by atomic mass is 10.1. The second kappa shape index (κ2) is 12.5. The maximum atomic E-state index is 12.9. The lowest BCUT2D eigenvalue weighted by molar-refractivity contribution is -0.137. The van der Waals surface area contributed by atoms with E-state index in [1.54, 1.807) is 30.3 Å². The van der Waals surface area contributed by atoms with Gasteiger partial charge in [0, 0.05) is 41.8 Å². The first-order chi connectivity index (χ1) is 17.7. The van der Waals surface area contributed by atoms with Gasteiger partial charge in [-0.25, -0.2) is 0 Å². The van der Waals surface area contributed by atoms with E-state index in [9.17, 15) is 27.6 Å². The van der Waals surface area contributed by atoms with E-state index in [-0.39, 0.29) is 23.7 Å². The highest BCUT2D eigenvalue weighted by molar-refractivity contribution is 6.05. The molecule has 3 aromatic carbocycles. The van der Waals surface area contributed by atoms with Crippen LogP contribution in [0.15, 0.2) is 72.8 Å². The quantitative estimate of drug-likeness (QED) is 0.300. The largest absolute Gasteiger partial charge is 0.416 e. The van der Waals surface area contributed by atoms with E-state index < -0.39 is 23.6 Å². The lowest BCUT2D eigenvalue weighted by Gasteiger charge is -2.11. The second-order valence-corrected chi connectivity index (χ2v) is 7.84. The monoisotopic (exact) mass is 514 g/mol. The van der Waals surface area contributed by atoms with Crippen LogP contribution < -0.4 is 21.3 Å². The third kappa shape index (κ3) is 8.36. The van der Waals surface area contributed by atoms with Crippen molar-refractivity contribution in [1.82, 2.24) is 5.32 Å². The highest BCUT2D eigenvalue weighted by Gasteiger charge is 2.30. The summed E-state index contributed by atoms with van der Waals surface area (Å²) in [4.78, 5) is 37.1. The first kappa shape index (κ1) is 27.2. The van der Waals surface area contributed by atoms with Crippen molar-refractivity contribution in [2.45, 2.75) is 6.18 Å². The van der Waals surface area contributed by atoms with Crippen molar-refractivity contribution in [1.29, 1.82) is 0 Å². The molecule has 0 saturated carbocycles. The van der Waals surface area contributed by atoms with Crippen molar-refractivity contribution in [2.75, 3.05) is 42.8 Å². The first-order valence-electron chi connectivity index (χ1n) is 11.2. The predicted molar refractivity (Wildman–Crippen MR) is 134 cm³/mol. The standard InChI is InChI=1S/C26H25F3N4O4/c1-37-12-11-30-24(35)17-5-2-8-20(13-17)31-16-23(34)32-21-9-3-6-18(14-21)25(36)33-22-10-4-7-19(15-22)26(27,28)29/h2-10,13-15,31H,11-12,16H2,1H3,(H,30,35)(H,32,34)(H,33,36). The molecule has 0 radical (unpaired) electrons. The molecule has 0 aliphatic heterocycles. The summed E-state index contributed by atoms with van der Waals surface area (Å²) in [5.41, 5.74) is 0.569. The Labute approximate surface area is 211 Å². The minimum Gasteiger partial charge on any atom is -0.383 e. The normalized spacial score (nSPS) is 10.9. The average Bonchev–Trinajstić information content (AvgIpc) is 2.87. The Hall–Kier alpha value is -4.38. The van der Waals surface area contributed by atoms with Crippen molar-refractivity contribution < 1.29 is 32.3 Å². The van der Waals surface area contributed by atoms with Crippen LogP contribution in [0.1, 0.15) is 26.3 Å². The summed E-state index contributed by atoms with van der Waals surface area (Å²) in [5.74, 6) is -1.31. The lowest BCUT2D eigenvalue weighted by Crippen LogP contribution is -2.27. The number of methoxy groups -OCH3 is 1. The zero-order valence-corrected chi connectivity index (χ0v) is 19.8. The van der Waals surface area contributed by atoms with Crippen molar-refractivity contribution >= 4 is 34.8 Å². The third-order valence-electron chi connectivity index (χ3n) is 5.03. The number of anilines is 3. The molecular weight excluding hydrogens is 489 g/mol. The fourth-order valence-electron chi connectivity index (χ4n) is 3.24. The molecule has 0 aromatic heterocycles. The average molecular weight is 515 g/mol. The molecule has 0 heterocycles. The van der Waals surface area contributed by atoms with Gasteiger partial charge >= 0.3 is 6.18 Å². The maximum absolute atomic E-state index is 12.9. The van der Waals surface area contributed by atoms with Gasteiger partial charge in [0.15, 0.2) is 0 Å². The number of rotatable bonds is 10. The minimum atomic E-state index is -4.53. The van der Waals surface area contributed by atoms with Crippen LogP contribution in [0.3, 0.4) is 0 Å². The number of alkyl halides is 3. The fraction of sp³-hybridized carbons (Fsp3) is 0.192. The number of amides is 3. The highest BCUT2D eigenvalue weighted by Crippen LogP contribution is 2.30. The molecule has 3 amide bonds. The summed E-state index contributed by atoms with van der Waals surface area (Å²) < 4.78 is 43.6. The minimum absolute atomic E-state index is 0.00641. The van der Waals surface area contributed by atoms with Gasteiger partial charge in [0.2, 0.25) is 5.91 Å². The summed E-state index contributed by atoms with van der Waals surface area (Å²) in [6.07, 6.45) is -4.53. The number of ether oxygens (including phenoxy) is 1. The van der Waals surface area contributed by atoms with Crippen molar-refractivity contribution in [2.24, 2.45) is 0 Å². The Morgan fingerprint density at radius 3 is 2.05 bits per heavy atom. The van der Waals surface area contributed by atoms with E-state index >= 15 is 0 Å². The van der Waals surface area contributed by atoms with Crippen LogP contribution in [-0.2, 0) is 15.7 Å². The van der Waals surface area contributed by atoms with Gasteiger partial charge in [-0.3, -0.25) is 14.4 Å². The van der Waals surface area contributed by atoms with Crippen LogP contribution in [0.4, 0.5) is 30.2 Å². The molecule has 4 N–H and O–H groups in total. The van der Waals surface area contributed by atoms with Crippen LogP contribution in [0, 0.1) is 0 Å². The molecule has 37 heavy (non-hydrogen) atoms. The number of hydrogen-bond acceptors (Lipinski definition) is 5. The first-order valence-corrected chi connectivity index (χ1v) is 11.2. The van der Waals surface area contributed by atoms with Gasteiger partial charge in [-0.05, 0) is 54.6 Å². The molecule has 0 saturated heterocycles. The number of halogens is 3. The molecule has 11 heteroatoms. The van der Waals surface area contributed by atoms with Crippen molar-refractivity contribution in [3.8, 4) is 0 Å². The van der Waals surface area contributed by atoms with Gasteiger partial charge in [0.1, 0.15) is 0 Å². The molecule has 3 rings (SSSR count). The molecule has 0 aliphatic rings. The smallest absolute Gasteiger partial charge is 0.383 e. The van der Waals surface area contributed by atoms with E-state index in [0.717, 1.165) is 12.1 Å². The molecule has 194 valence electrons. The molecule has 3 aromatic rings. The summed E-state index contributed by atoms with van der Waals surface area (Å²) in [7, 11) is 1.54. The van der Waals surface area contributed by atoms with Gasteiger partial charge < -0.3 is 26.0 Å². The van der Waals surface area contributed by atoms with E-state index in [0.29, 0.717) is 30.1 Å². The SMILES string of the molecule is COCCNC(=O)c1cccc(NCC(=O)Nc2cccc(C(=O)Nc3cccc(C(F)(F)F)c3)c2)c1. The Balaban J connectivity index is 1.56. The molecule has 0 fully saturated rings. The van der Waals surface area contributed by atoms with E-state index in [4.69, 9.17) is 4.74 Å². The summed E-state index contributed by atoms with van der Waals surface area (Å²) in [5, 5.41) is 10.7. The maximum Gasteiger partial charge on any atom is 0.416 e. The molecular formula is C26H25F3N4O4. The summed E-state index contributed by atoms with van der Waals surface area (Å²) in [6.45, 7) is 0.639. The number of hydrogen-bond donors (Lipinski definition) is 4. The molecule has 8 nitrogen and oxygen atoms in total. The Morgan fingerprint density at radius 2 is 1.38 bits per heavy atom. The van der Waals surface area contributed by atoms with Gasteiger partial charge in [-0.15, -0.1) is 0 Å². The van der Waals surface area contributed by atoms with Crippen LogP contribution in [-0.4, -0.2) is 44.5 Å². The van der Waals surface area contributed by atoms with Crippen molar-refractivity contribution in [3.05, 3.63) is 89.5 Å². The zero-order chi connectivity index (χ0) is 26.8. The zero-order valence-electron chi connectivity index (χ0n) is 19.8. The van der Waals surface area contributed by atoms with E-state index in [1.807, 2.05) is 0 Å². The van der Waals surface area contributed by atoms with Crippen LogP contribution in [0.2, 0.25) is 0 Å². The second-order valence-electron chi connectivity index (χ2n) is 7.84. The van der Waals surface area contributed by atoms with Gasteiger partial charge in [-0.2, -0.15) is 13.2 Å². The summed E-state index contributed by atoms with van der Waals surface area (Å²) in [6, 6.07) is 16.9. The highest BCUT2D eigenvalue weighted by atomic mass is 19.4. The molecule has 0 unspecified atom stereocenters. The number of carbonyl (C=O) groups excluding carboxylic acids is 3. The fourth-order valence-corrected chi connectivity index (χ4v) is 3.24. The Kier molecular flexibility index (Phi) is 9.22. The Morgan fingerprint density at radius 1 is 0.784 bits per heavy atom. The van der Waals surface area contributed by atoms with Crippen molar-refractivity contribution in [3.63, 3.8) is 0 Å². The molecule has 0 spiro atoms. The van der Waals surface area contributed by atoms with E-state index in [1.165, 1.54) is 37.4 Å². The van der Waals surface area contributed by atoms with Gasteiger partial charge in [0.25, 0.3) is 11.8 Å². The van der Waals surface area contributed by atoms with E-state index in [2.05, 4.69) is 21.3 Å². The molecule has 0 atom stereocenters. The van der Waals surface area contributed by atoms with Gasteiger partial charge in [-0.1, -0.05) is 18.2 Å². The number of nitrogens with one attached hydrogen (secondary N) is 4. The predicted octanol–water partition coefficient (Wildman–Crippen LogP) is 4.38. The molecule has 0 aliphatic carbocycles. The topological polar surface area (TPSA) is 109 Å². The molecule has 0 bridgehead atoms. The van der Waals surface area contributed by atoms with Crippen LogP contribution in [0.5, 0.6) is 0 Å².